The lowest BCUT2D eigenvalue weighted by Gasteiger charge is -2.23. The summed E-state index contributed by atoms with van der Waals surface area (Å²) in [5.74, 6) is 1.18. The maximum absolute atomic E-state index is 12.7. The summed E-state index contributed by atoms with van der Waals surface area (Å²) in [5, 5.41) is 3.61. The van der Waals surface area contributed by atoms with Gasteiger partial charge in [0.25, 0.3) is 15.9 Å². The van der Waals surface area contributed by atoms with Crippen molar-refractivity contribution in [3.05, 3.63) is 58.6 Å². The minimum atomic E-state index is -3.76. The lowest BCUT2D eigenvalue weighted by Crippen LogP contribution is -2.38. The summed E-state index contributed by atoms with van der Waals surface area (Å²) < 4.78 is 27.9. The summed E-state index contributed by atoms with van der Waals surface area (Å²) in [5.41, 5.74) is 1.60. The monoisotopic (exact) mass is 418 g/mol. The smallest absolute Gasteiger partial charge is 0.261 e. The summed E-state index contributed by atoms with van der Waals surface area (Å²) in [6.45, 7) is 1.80. The molecule has 5 nitrogen and oxygen atoms in total. The highest BCUT2D eigenvalue weighted by atomic mass is 35.5. The van der Waals surface area contributed by atoms with Gasteiger partial charge in [-0.1, -0.05) is 24.1 Å². The highest BCUT2D eigenvalue weighted by Crippen LogP contribution is 2.44. The first kappa shape index (κ1) is 19.3. The van der Waals surface area contributed by atoms with Crippen LogP contribution in [0.4, 0.5) is 5.69 Å². The van der Waals surface area contributed by atoms with Crippen molar-refractivity contribution in [3.63, 3.8) is 0 Å². The third kappa shape index (κ3) is 3.89. The lowest BCUT2D eigenvalue weighted by molar-refractivity contribution is 0.0923. The van der Waals surface area contributed by atoms with E-state index in [2.05, 4.69) is 10.0 Å². The maximum atomic E-state index is 12.7. The second kappa shape index (κ2) is 7.41. The van der Waals surface area contributed by atoms with Crippen molar-refractivity contribution in [2.75, 3.05) is 4.72 Å². The SMILES string of the molecule is Cc1ccc(C(=O)N[C@@H]2C[C@H]3CC[C@@H]2C3)cc1NS(=O)(=O)c1ccc(Cl)cc1. The maximum Gasteiger partial charge on any atom is 0.261 e. The van der Waals surface area contributed by atoms with E-state index in [9.17, 15) is 13.2 Å². The van der Waals surface area contributed by atoms with Gasteiger partial charge in [0.15, 0.2) is 0 Å². The van der Waals surface area contributed by atoms with Gasteiger partial charge in [-0.15, -0.1) is 0 Å². The molecule has 2 aliphatic carbocycles. The van der Waals surface area contributed by atoms with Crippen molar-refractivity contribution >= 4 is 33.2 Å². The average Bonchev–Trinajstić information content (AvgIpc) is 3.26. The number of halogens is 1. The molecule has 0 unspecified atom stereocenters. The molecule has 1 amide bonds. The number of carbonyl (C=O) groups excluding carboxylic acids is 1. The average molecular weight is 419 g/mol. The zero-order valence-electron chi connectivity index (χ0n) is 15.6. The fourth-order valence-corrected chi connectivity index (χ4v) is 5.61. The molecule has 0 spiro atoms. The Kier molecular flexibility index (Phi) is 5.10. The first-order chi connectivity index (χ1) is 13.3. The van der Waals surface area contributed by atoms with Gasteiger partial charge in [-0.25, -0.2) is 8.42 Å². The van der Waals surface area contributed by atoms with Crippen LogP contribution in [0.3, 0.4) is 0 Å². The number of hydrogen-bond acceptors (Lipinski definition) is 3. The van der Waals surface area contributed by atoms with Gasteiger partial charge in [-0.3, -0.25) is 9.52 Å². The first-order valence-electron chi connectivity index (χ1n) is 9.52. The van der Waals surface area contributed by atoms with Crippen LogP contribution in [-0.2, 0) is 10.0 Å². The predicted molar refractivity (Wildman–Crippen MR) is 110 cm³/mol. The van der Waals surface area contributed by atoms with E-state index in [0.29, 0.717) is 22.2 Å². The molecule has 148 valence electrons. The van der Waals surface area contributed by atoms with Crippen molar-refractivity contribution in [3.8, 4) is 0 Å². The normalized spacial score (nSPS) is 23.6. The van der Waals surface area contributed by atoms with Crippen LogP contribution in [-0.4, -0.2) is 20.4 Å². The summed E-state index contributed by atoms with van der Waals surface area (Å²) in [4.78, 5) is 12.8. The molecule has 2 aliphatic rings. The molecule has 4 rings (SSSR count). The third-order valence-electron chi connectivity index (χ3n) is 5.92. The minimum Gasteiger partial charge on any atom is -0.349 e. The molecule has 0 aliphatic heterocycles. The van der Waals surface area contributed by atoms with E-state index in [0.717, 1.165) is 17.9 Å². The van der Waals surface area contributed by atoms with Gasteiger partial charge in [0.05, 0.1) is 10.6 Å². The van der Waals surface area contributed by atoms with Crippen molar-refractivity contribution in [2.24, 2.45) is 11.8 Å². The molecule has 2 fully saturated rings. The zero-order chi connectivity index (χ0) is 19.9. The van der Waals surface area contributed by atoms with Gasteiger partial charge < -0.3 is 5.32 Å². The molecule has 0 heterocycles. The predicted octanol–water partition coefficient (Wildman–Crippen LogP) is 4.37. The van der Waals surface area contributed by atoms with Crippen molar-refractivity contribution in [1.82, 2.24) is 5.32 Å². The Morgan fingerprint density at radius 3 is 2.46 bits per heavy atom. The van der Waals surface area contributed by atoms with Gasteiger partial charge in [0.1, 0.15) is 0 Å². The van der Waals surface area contributed by atoms with Gasteiger partial charge in [-0.05, 0) is 80.0 Å². The summed E-state index contributed by atoms with van der Waals surface area (Å²) in [7, 11) is -3.76. The van der Waals surface area contributed by atoms with E-state index >= 15 is 0 Å². The molecule has 0 saturated heterocycles. The molecule has 2 bridgehead atoms. The Morgan fingerprint density at radius 1 is 1.07 bits per heavy atom. The molecule has 28 heavy (non-hydrogen) atoms. The Balaban J connectivity index is 1.52. The highest BCUT2D eigenvalue weighted by molar-refractivity contribution is 7.92. The van der Waals surface area contributed by atoms with E-state index in [1.807, 2.05) is 0 Å². The van der Waals surface area contributed by atoms with Crippen LogP contribution in [0.5, 0.6) is 0 Å². The van der Waals surface area contributed by atoms with Crippen LogP contribution in [0.2, 0.25) is 5.02 Å². The Hall–Kier alpha value is -2.05. The number of aryl methyl sites for hydroxylation is 1. The highest BCUT2D eigenvalue weighted by Gasteiger charge is 2.40. The number of sulfonamides is 1. The number of hydrogen-bond donors (Lipinski definition) is 2. The zero-order valence-corrected chi connectivity index (χ0v) is 17.2. The van der Waals surface area contributed by atoms with Crippen LogP contribution < -0.4 is 10.0 Å². The van der Waals surface area contributed by atoms with Crippen molar-refractivity contribution in [1.29, 1.82) is 0 Å². The number of rotatable bonds is 5. The third-order valence-corrected chi connectivity index (χ3v) is 7.56. The van der Waals surface area contributed by atoms with Crippen LogP contribution in [0.25, 0.3) is 0 Å². The number of nitrogens with one attached hydrogen (secondary N) is 2. The van der Waals surface area contributed by atoms with Gasteiger partial charge in [-0.2, -0.15) is 0 Å². The molecule has 7 heteroatoms. The molecule has 3 atom stereocenters. The second-order valence-corrected chi connectivity index (χ2v) is 9.96. The number of benzene rings is 2. The van der Waals surface area contributed by atoms with Crippen LogP contribution in [0.15, 0.2) is 47.4 Å². The van der Waals surface area contributed by atoms with Crippen LogP contribution in [0, 0.1) is 18.8 Å². The van der Waals surface area contributed by atoms with E-state index in [-0.39, 0.29) is 16.8 Å². The topological polar surface area (TPSA) is 75.3 Å². The summed E-state index contributed by atoms with van der Waals surface area (Å²) >= 11 is 5.84. The van der Waals surface area contributed by atoms with E-state index in [4.69, 9.17) is 11.6 Å². The number of fused-ring (bicyclic) bond motifs is 2. The summed E-state index contributed by atoms with van der Waals surface area (Å²) in [6.07, 6.45) is 4.73. The second-order valence-electron chi connectivity index (χ2n) is 7.84. The molecule has 2 saturated carbocycles. The molecular weight excluding hydrogens is 396 g/mol. The largest absolute Gasteiger partial charge is 0.349 e. The lowest BCUT2D eigenvalue weighted by atomic mass is 9.95. The van der Waals surface area contributed by atoms with Crippen LogP contribution >= 0.6 is 11.6 Å². The van der Waals surface area contributed by atoms with Gasteiger partial charge >= 0.3 is 0 Å². The number of anilines is 1. The molecule has 2 aromatic carbocycles. The van der Waals surface area contributed by atoms with E-state index in [1.54, 1.807) is 25.1 Å². The fraction of sp³-hybridized carbons (Fsp3) is 0.381. The molecular formula is C21H23ClN2O3S. The first-order valence-corrected chi connectivity index (χ1v) is 11.4. The molecule has 0 aromatic heterocycles. The van der Waals surface area contributed by atoms with E-state index < -0.39 is 10.0 Å². The number of amides is 1. The minimum absolute atomic E-state index is 0.119. The Morgan fingerprint density at radius 2 is 1.82 bits per heavy atom. The summed E-state index contributed by atoms with van der Waals surface area (Å²) in [6, 6.07) is 11.3. The fourth-order valence-electron chi connectivity index (χ4n) is 4.36. The van der Waals surface area contributed by atoms with Crippen LogP contribution in [0.1, 0.15) is 41.6 Å². The van der Waals surface area contributed by atoms with Crippen molar-refractivity contribution < 1.29 is 13.2 Å². The van der Waals surface area contributed by atoms with Gasteiger partial charge in [0.2, 0.25) is 0 Å². The Bertz CT molecular complexity index is 1000. The number of carbonyl (C=O) groups is 1. The van der Waals surface area contributed by atoms with Crippen molar-refractivity contribution in [2.45, 2.75) is 43.5 Å². The Labute approximate surface area is 170 Å². The van der Waals surface area contributed by atoms with E-state index in [1.165, 1.54) is 43.5 Å². The molecule has 0 radical (unpaired) electrons. The quantitative estimate of drug-likeness (QED) is 0.757. The molecule has 2 aromatic rings. The standard InChI is InChI=1S/C21H23ClN2O3S/c1-13-2-4-16(21(25)23-20-11-14-3-5-15(20)10-14)12-19(13)24-28(26,27)18-8-6-17(22)7-9-18/h2,4,6-9,12,14-15,20,24H,3,5,10-11H2,1H3,(H,23,25)/t14-,15+,20+/m0/s1. The molecule has 2 N–H and O–H groups in total. The van der Waals surface area contributed by atoms with Gasteiger partial charge in [0, 0.05) is 16.6 Å².